The van der Waals surface area contributed by atoms with Gasteiger partial charge >= 0.3 is 5.97 Å². The third kappa shape index (κ3) is 8.43. The zero-order valence-electron chi connectivity index (χ0n) is 26.1. The highest BCUT2D eigenvalue weighted by Crippen LogP contribution is 2.35. The van der Waals surface area contributed by atoms with Crippen LogP contribution in [0.3, 0.4) is 0 Å². The fraction of sp³-hybridized carbons (Fsp3) is 0.139. The Labute approximate surface area is 275 Å². The van der Waals surface area contributed by atoms with Crippen LogP contribution < -0.4 is 10.6 Å². The Kier molecular flexibility index (Phi) is 10.5. The number of carbonyl (C=O) groups is 3. The molecule has 0 aromatic heterocycles. The van der Waals surface area contributed by atoms with Gasteiger partial charge in [-0.25, -0.2) is 4.79 Å². The molecule has 242 valence electrons. The molecule has 0 saturated heterocycles. The highest BCUT2D eigenvalue weighted by Gasteiger charge is 2.21. The molecule has 12 heteroatoms. The maximum absolute atomic E-state index is 12.8. The summed E-state index contributed by atoms with van der Waals surface area (Å²) in [4.78, 5) is 36.7. The Morgan fingerprint density at radius 1 is 0.771 bits per heavy atom. The average Bonchev–Trinajstić information content (AvgIpc) is 3.08. The number of fused-ring (bicyclic) bond motifs is 1. The van der Waals surface area contributed by atoms with Gasteiger partial charge in [0.25, 0.3) is 5.91 Å². The number of phenols is 2. The lowest BCUT2D eigenvalue weighted by Crippen LogP contribution is -2.42. The second-order valence-electron chi connectivity index (χ2n) is 10.6. The Morgan fingerprint density at radius 3 is 2.12 bits per heavy atom. The second kappa shape index (κ2) is 15.2. The van der Waals surface area contributed by atoms with E-state index >= 15 is 0 Å². The molecule has 0 spiro atoms. The van der Waals surface area contributed by atoms with E-state index in [1.807, 2.05) is 30.3 Å². The number of rotatable bonds is 11. The number of hydrogen-bond acceptors (Lipinski definition) is 10. The number of ether oxygens (including phenoxy) is 1. The smallest absolute Gasteiger partial charge is 0.328 e. The van der Waals surface area contributed by atoms with Crippen molar-refractivity contribution in [2.24, 2.45) is 20.5 Å². The normalized spacial score (nSPS) is 11.9. The zero-order chi connectivity index (χ0) is 34.0. The molecule has 0 radical (unpaired) electrons. The van der Waals surface area contributed by atoms with Crippen molar-refractivity contribution in [2.75, 3.05) is 11.9 Å². The zero-order valence-corrected chi connectivity index (χ0v) is 26.1. The first kappa shape index (κ1) is 32.9. The van der Waals surface area contributed by atoms with Crippen LogP contribution in [0.4, 0.5) is 28.4 Å². The molecule has 0 saturated carbocycles. The van der Waals surface area contributed by atoms with Crippen LogP contribution in [0.15, 0.2) is 124 Å². The van der Waals surface area contributed by atoms with Gasteiger partial charge in [-0.2, -0.15) is 10.2 Å². The van der Waals surface area contributed by atoms with Gasteiger partial charge in [0.1, 0.15) is 23.2 Å². The molecule has 1 atom stereocenters. The minimum Gasteiger partial charge on any atom is -0.506 e. The summed E-state index contributed by atoms with van der Waals surface area (Å²) in [5.74, 6) is -1.33. The van der Waals surface area contributed by atoms with E-state index < -0.39 is 12.0 Å². The van der Waals surface area contributed by atoms with E-state index in [1.165, 1.54) is 13.0 Å². The van der Waals surface area contributed by atoms with E-state index in [0.29, 0.717) is 39.3 Å². The Bertz CT molecular complexity index is 2010. The second-order valence-corrected chi connectivity index (χ2v) is 10.6. The monoisotopic (exact) mass is 644 g/mol. The molecule has 0 fully saturated rings. The van der Waals surface area contributed by atoms with Crippen LogP contribution in [0.5, 0.6) is 11.5 Å². The Morgan fingerprint density at radius 2 is 1.44 bits per heavy atom. The van der Waals surface area contributed by atoms with Gasteiger partial charge in [-0.3, -0.25) is 9.59 Å². The Hall–Kier alpha value is -6.43. The summed E-state index contributed by atoms with van der Waals surface area (Å²) in [5, 5.41) is 44.5. The fourth-order valence-corrected chi connectivity index (χ4v) is 4.73. The molecule has 0 unspecified atom stereocenters. The van der Waals surface area contributed by atoms with Crippen LogP contribution in [-0.4, -0.2) is 40.6 Å². The third-order valence-corrected chi connectivity index (χ3v) is 7.11. The van der Waals surface area contributed by atoms with E-state index in [0.717, 1.165) is 5.39 Å². The van der Waals surface area contributed by atoms with Gasteiger partial charge in [-0.05, 0) is 84.6 Å². The lowest BCUT2D eigenvalue weighted by atomic mass is 10.0. The van der Waals surface area contributed by atoms with Crippen molar-refractivity contribution in [1.29, 1.82) is 0 Å². The average molecular weight is 645 g/mol. The van der Waals surface area contributed by atoms with Crippen molar-refractivity contribution < 1.29 is 29.3 Å². The van der Waals surface area contributed by atoms with Crippen LogP contribution in [0, 0.1) is 0 Å². The van der Waals surface area contributed by atoms with Crippen molar-refractivity contribution in [1.82, 2.24) is 5.32 Å². The molecule has 5 aromatic rings. The first-order valence-corrected chi connectivity index (χ1v) is 15.0. The molecule has 0 aliphatic carbocycles. The van der Waals surface area contributed by atoms with E-state index in [-0.39, 0.29) is 42.0 Å². The number of nitrogens with one attached hydrogen (secondary N) is 2. The van der Waals surface area contributed by atoms with Crippen LogP contribution >= 0.6 is 0 Å². The highest BCUT2D eigenvalue weighted by atomic mass is 16.5. The summed E-state index contributed by atoms with van der Waals surface area (Å²) in [6, 6.07) is 27.9. The fourth-order valence-electron chi connectivity index (χ4n) is 4.73. The summed E-state index contributed by atoms with van der Waals surface area (Å²) in [6.07, 6.45) is 0.137. The van der Waals surface area contributed by atoms with Gasteiger partial charge in [0, 0.05) is 30.0 Å². The number of hydrogen-bond donors (Lipinski definition) is 4. The van der Waals surface area contributed by atoms with Gasteiger partial charge in [0.15, 0.2) is 5.75 Å². The molecule has 0 bridgehead atoms. The molecular weight excluding hydrogens is 612 g/mol. The summed E-state index contributed by atoms with van der Waals surface area (Å²) < 4.78 is 5.05. The molecule has 5 aromatic carbocycles. The summed E-state index contributed by atoms with van der Waals surface area (Å²) >= 11 is 0. The highest BCUT2D eigenvalue weighted by molar-refractivity contribution is 6.04. The van der Waals surface area contributed by atoms with Crippen LogP contribution in [0.1, 0.15) is 29.8 Å². The van der Waals surface area contributed by atoms with Crippen molar-refractivity contribution >= 4 is 57.0 Å². The number of aromatic hydroxyl groups is 2. The quantitative estimate of drug-likeness (QED) is 0.0838. The van der Waals surface area contributed by atoms with E-state index in [4.69, 9.17) is 4.74 Å². The van der Waals surface area contributed by atoms with Crippen LogP contribution in [0.25, 0.3) is 10.8 Å². The minimum atomic E-state index is -0.889. The molecule has 4 N–H and O–H groups in total. The molecule has 5 rings (SSSR count). The van der Waals surface area contributed by atoms with Gasteiger partial charge in [-0.15, -0.1) is 10.2 Å². The van der Waals surface area contributed by atoms with Crippen molar-refractivity contribution in [3.05, 3.63) is 114 Å². The molecular formula is C36H32N6O6. The van der Waals surface area contributed by atoms with Crippen LogP contribution in [0.2, 0.25) is 0 Å². The van der Waals surface area contributed by atoms with Crippen molar-refractivity contribution in [3.8, 4) is 11.5 Å². The largest absolute Gasteiger partial charge is 0.506 e. The predicted molar refractivity (Wildman–Crippen MR) is 181 cm³/mol. The Balaban J connectivity index is 1.19. The molecule has 2 amide bonds. The van der Waals surface area contributed by atoms with Crippen molar-refractivity contribution in [2.45, 2.75) is 26.3 Å². The molecule has 0 aliphatic heterocycles. The lowest BCUT2D eigenvalue weighted by Gasteiger charge is -2.16. The number of amides is 2. The predicted octanol–water partition coefficient (Wildman–Crippen LogP) is 7.94. The van der Waals surface area contributed by atoms with Gasteiger partial charge in [0.05, 0.1) is 18.0 Å². The van der Waals surface area contributed by atoms with Gasteiger partial charge < -0.3 is 25.6 Å². The molecule has 0 aliphatic rings. The van der Waals surface area contributed by atoms with Crippen molar-refractivity contribution in [3.63, 3.8) is 0 Å². The number of carbonyl (C=O) groups excluding carboxylic acids is 3. The lowest BCUT2D eigenvalue weighted by molar-refractivity contribution is -0.147. The number of nitrogens with zero attached hydrogens (tertiary/aromatic N) is 4. The molecule has 48 heavy (non-hydrogen) atoms. The van der Waals surface area contributed by atoms with E-state index in [9.17, 15) is 24.6 Å². The maximum atomic E-state index is 12.8. The van der Waals surface area contributed by atoms with E-state index in [1.54, 1.807) is 73.7 Å². The SMILES string of the molecule is CCOC(=O)[C@H](Cc1ccc(O)c(N=Nc2ccc(NC(=O)c3ccc(N=Nc4ccc5ccccc5c4O)cc3)cc2)c1)NC(C)=O. The summed E-state index contributed by atoms with van der Waals surface area (Å²) in [7, 11) is 0. The maximum Gasteiger partial charge on any atom is 0.328 e. The van der Waals surface area contributed by atoms with E-state index in [2.05, 4.69) is 31.1 Å². The number of anilines is 1. The topological polar surface area (TPSA) is 174 Å². The first-order chi connectivity index (χ1) is 23.2. The van der Waals surface area contributed by atoms with Gasteiger partial charge in [-0.1, -0.05) is 36.4 Å². The number of benzene rings is 5. The number of azo groups is 2. The minimum absolute atomic E-state index is 0.0495. The standard InChI is InChI=1S/C36H32N6O6/c1-3-48-36(47)32(37-22(2)43)21-23-8-19-33(44)31(20-23)42-40-28-16-14-26(15-17-28)38-35(46)25-9-12-27(13-10-25)39-41-30-18-11-24-6-4-5-7-29(24)34(30)45/h4-20,32,44-45H,3,21H2,1-2H3,(H,37,43)(H,38,46)/t32-/m0/s1. The number of esters is 1. The summed E-state index contributed by atoms with van der Waals surface area (Å²) in [5.41, 5.74) is 3.06. The van der Waals surface area contributed by atoms with Gasteiger partial charge in [0.2, 0.25) is 5.91 Å². The summed E-state index contributed by atoms with van der Waals surface area (Å²) in [6.45, 7) is 3.17. The third-order valence-electron chi connectivity index (χ3n) is 7.11. The molecule has 0 heterocycles. The first-order valence-electron chi connectivity index (χ1n) is 15.0. The number of phenolic OH excluding ortho intramolecular Hbond substituents is 2. The van der Waals surface area contributed by atoms with Crippen LogP contribution in [-0.2, 0) is 20.7 Å². The molecule has 12 nitrogen and oxygen atoms in total.